The third kappa shape index (κ3) is 5.10. The maximum absolute atomic E-state index is 12.9. The minimum Gasteiger partial charge on any atom is -0.419 e. The first-order chi connectivity index (χ1) is 15.1. The molecule has 0 spiro atoms. The van der Waals surface area contributed by atoms with Gasteiger partial charge in [0.15, 0.2) is 5.13 Å². The average molecular weight is 454 g/mol. The summed E-state index contributed by atoms with van der Waals surface area (Å²) in [6, 6.07) is 16.8. The van der Waals surface area contributed by atoms with E-state index < -0.39 is 0 Å². The first-order valence-corrected chi connectivity index (χ1v) is 11.0. The Morgan fingerprint density at radius 3 is 2.68 bits per heavy atom. The van der Waals surface area contributed by atoms with Crippen LogP contribution in [0.1, 0.15) is 19.2 Å². The van der Waals surface area contributed by atoms with E-state index in [1.807, 2.05) is 60.8 Å². The molecule has 0 aliphatic heterocycles. The van der Waals surface area contributed by atoms with Crippen molar-refractivity contribution in [1.82, 2.24) is 20.1 Å². The largest absolute Gasteiger partial charge is 0.419 e. The van der Waals surface area contributed by atoms with E-state index in [4.69, 9.17) is 16.0 Å². The molecule has 0 aliphatic carbocycles. The van der Waals surface area contributed by atoms with Crippen molar-refractivity contribution in [3.05, 3.63) is 70.9 Å². The third-order valence-electron chi connectivity index (χ3n) is 4.47. The Balaban J connectivity index is 1.45. The van der Waals surface area contributed by atoms with Crippen molar-refractivity contribution in [3.8, 4) is 22.7 Å². The predicted octanol–water partition coefficient (Wildman–Crippen LogP) is 5.96. The number of aromatic nitrogens is 3. The van der Waals surface area contributed by atoms with Gasteiger partial charge in [-0.05, 0) is 18.6 Å². The minimum atomic E-state index is -0.270. The van der Waals surface area contributed by atoms with Crippen LogP contribution in [0, 0.1) is 0 Å². The van der Waals surface area contributed by atoms with Crippen molar-refractivity contribution in [3.63, 3.8) is 0 Å². The van der Waals surface area contributed by atoms with Crippen molar-refractivity contribution < 1.29 is 9.21 Å². The van der Waals surface area contributed by atoms with E-state index in [0.717, 1.165) is 17.7 Å². The fourth-order valence-electron chi connectivity index (χ4n) is 2.99. The summed E-state index contributed by atoms with van der Waals surface area (Å²) in [5.74, 6) is 0.660. The van der Waals surface area contributed by atoms with Crippen LogP contribution in [-0.4, -0.2) is 32.7 Å². The van der Waals surface area contributed by atoms with Gasteiger partial charge in [0.05, 0.1) is 16.3 Å². The van der Waals surface area contributed by atoms with Crippen molar-refractivity contribution in [2.75, 3.05) is 11.9 Å². The van der Waals surface area contributed by atoms with E-state index >= 15 is 0 Å². The highest BCUT2D eigenvalue weighted by Gasteiger charge is 2.19. The molecule has 2 heterocycles. The first kappa shape index (κ1) is 21.0. The molecule has 0 unspecified atom stereocenters. The van der Waals surface area contributed by atoms with Crippen LogP contribution in [0.3, 0.4) is 0 Å². The molecule has 0 saturated heterocycles. The molecule has 1 N–H and O–H groups in total. The molecule has 2 amide bonds. The maximum atomic E-state index is 12.9. The highest BCUT2D eigenvalue weighted by molar-refractivity contribution is 7.14. The first-order valence-electron chi connectivity index (χ1n) is 9.78. The molecule has 0 aliphatic rings. The van der Waals surface area contributed by atoms with Gasteiger partial charge in [-0.15, -0.1) is 21.5 Å². The molecule has 2 aromatic carbocycles. The second kappa shape index (κ2) is 9.72. The number of hydrogen-bond acceptors (Lipinski definition) is 6. The number of amides is 2. The van der Waals surface area contributed by atoms with Gasteiger partial charge in [0.25, 0.3) is 0 Å². The number of rotatable bonds is 7. The van der Waals surface area contributed by atoms with Gasteiger partial charge in [0.2, 0.25) is 11.8 Å². The van der Waals surface area contributed by atoms with Crippen LogP contribution in [0.15, 0.2) is 64.4 Å². The lowest BCUT2D eigenvalue weighted by Crippen LogP contribution is -2.35. The average Bonchev–Trinajstić information content (AvgIpc) is 3.44. The van der Waals surface area contributed by atoms with Crippen LogP contribution in [-0.2, 0) is 6.54 Å². The smallest absolute Gasteiger partial charge is 0.324 e. The van der Waals surface area contributed by atoms with Crippen LogP contribution < -0.4 is 5.32 Å². The van der Waals surface area contributed by atoms with Crippen LogP contribution in [0.25, 0.3) is 22.7 Å². The number of anilines is 1. The van der Waals surface area contributed by atoms with Crippen molar-refractivity contribution >= 4 is 34.1 Å². The molecule has 4 aromatic rings. The number of nitrogens with zero attached hydrogens (tertiary/aromatic N) is 4. The lowest BCUT2D eigenvalue weighted by atomic mass is 10.2. The summed E-state index contributed by atoms with van der Waals surface area (Å²) in [5, 5.41) is 14.0. The van der Waals surface area contributed by atoms with Gasteiger partial charge in [-0.2, -0.15) is 0 Å². The van der Waals surface area contributed by atoms with Gasteiger partial charge in [-0.1, -0.05) is 61.0 Å². The second-order valence-electron chi connectivity index (χ2n) is 6.74. The molecular weight excluding hydrogens is 434 g/mol. The topological polar surface area (TPSA) is 84.2 Å². The summed E-state index contributed by atoms with van der Waals surface area (Å²) in [6.45, 7) is 2.72. The highest BCUT2D eigenvalue weighted by atomic mass is 35.5. The Kier molecular flexibility index (Phi) is 6.59. The van der Waals surface area contributed by atoms with Crippen molar-refractivity contribution in [1.29, 1.82) is 0 Å². The molecule has 9 heteroatoms. The van der Waals surface area contributed by atoms with Gasteiger partial charge in [0, 0.05) is 17.5 Å². The number of urea groups is 1. The molecule has 7 nitrogen and oxygen atoms in total. The molecule has 2 aromatic heterocycles. The number of benzene rings is 2. The van der Waals surface area contributed by atoms with E-state index in [1.54, 1.807) is 11.0 Å². The molecule has 0 saturated carbocycles. The molecule has 158 valence electrons. The van der Waals surface area contributed by atoms with Gasteiger partial charge < -0.3 is 9.32 Å². The molecule has 0 fully saturated rings. The monoisotopic (exact) mass is 453 g/mol. The van der Waals surface area contributed by atoms with Gasteiger partial charge >= 0.3 is 6.03 Å². The van der Waals surface area contributed by atoms with E-state index in [-0.39, 0.29) is 12.6 Å². The summed E-state index contributed by atoms with van der Waals surface area (Å²) in [6.07, 6.45) is 0.784. The van der Waals surface area contributed by atoms with E-state index in [1.165, 1.54) is 11.3 Å². The van der Waals surface area contributed by atoms with Crippen molar-refractivity contribution in [2.45, 2.75) is 19.9 Å². The normalized spacial score (nSPS) is 10.8. The zero-order valence-electron chi connectivity index (χ0n) is 16.8. The van der Waals surface area contributed by atoms with E-state index in [9.17, 15) is 4.79 Å². The molecule has 0 bridgehead atoms. The van der Waals surface area contributed by atoms with Crippen LogP contribution in [0.4, 0.5) is 9.93 Å². The van der Waals surface area contributed by atoms with Crippen LogP contribution in [0.2, 0.25) is 5.02 Å². The number of thiazole rings is 1. The summed E-state index contributed by atoms with van der Waals surface area (Å²) in [5.41, 5.74) is 2.48. The lowest BCUT2D eigenvalue weighted by molar-refractivity contribution is 0.203. The zero-order valence-corrected chi connectivity index (χ0v) is 18.4. The number of nitrogens with one attached hydrogen (secondary N) is 1. The Morgan fingerprint density at radius 1 is 1.13 bits per heavy atom. The summed E-state index contributed by atoms with van der Waals surface area (Å²) < 4.78 is 5.75. The van der Waals surface area contributed by atoms with Crippen LogP contribution in [0.5, 0.6) is 0 Å². The Hall–Kier alpha value is -3.23. The van der Waals surface area contributed by atoms with Gasteiger partial charge in [-0.25, -0.2) is 9.78 Å². The van der Waals surface area contributed by atoms with Crippen molar-refractivity contribution in [2.24, 2.45) is 0 Å². The molecule has 31 heavy (non-hydrogen) atoms. The molecular formula is C22H20ClN5O2S. The third-order valence-corrected chi connectivity index (χ3v) is 5.55. The Labute approximate surface area is 188 Å². The fraction of sp³-hybridized carbons (Fsp3) is 0.182. The Bertz CT molecular complexity index is 1160. The van der Waals surface area contributed by atoms with E-state index in [2.05, 4.69) is 20.5 Å². The number of carbonyl (C=O) groups excluding carboxylic acids is 1. The Morgan fingerprint density at radius 2 is 1.90 bits per heavy atom. The molecule has 0 radical (unpaired) electrons. The fourth-order valence-corrected chi connectivity index (χ4v) is 3.92. The quantitative estimate of drug-likeness (QED) is 0.373. The van der Waals surface area contributed by atoms with Gasteiger partial charge in [-0.3, -0.25) is 5.32 Å². The number of hydrogen-bond donors (Lipinski definition) is 1. The maximum Gasteiger partial charge on any atom is 0.324 e. The highest BCUT2D eigenvalue weighted by Crippen LogP contribution is 2.27. The standard InChI is InChI=1S/C22H20ClN5O2S/c1-2-12-28(13-19-26-27-20(30-19)16-10-6-7-11-17(16)23)22(29)25-21-24-18(14-31-21)15-8-4-3-5-9-15/h3-11,14H,2,12-13H2,1H3,(H,24,25,29). The summed E-state index contributed by atoms with van der Waals surface area (Å²) in [4.78, 5) is 19.0. The minimum absolute atomic E-state index is 0.189. The second-order valence-corrected chi connectivity index (χ2v) is 8.00. The summed E-state index contributed by atoms with van der Waals surface area (Å²) >= 11 is 7.58. The number of carbonyl (C=O) groups is 1. The van der Waals surface area contributed by atoms with Crippen LogP contribution >= 0.6 is 22.9 Å². The molecule has 4 rings (SSSR count). The van der Waals surface area contributed by atoms with E-state index in [0.29, 0.717) is 34.0 Å². The SMILES string of the molecule is CCCN(Cc1nnc(-c2ccccc2Cl)o1)C(=O)Nc1nc(-c2ccccc2)cs1. The number of halogens is 1. The zero-order chi connectivity index (χ0) is 21.6. The predicted molar refractivity (Wildman–Crippen MR) is 122 cm³/mol. The van der Waals surface area contributed by atoms with Gasteiger partial charge in [0.1, 0.15) is 6.54 Å². The lowest BCUT2D eigenvalue weighted by Gasteiger charge is -2.19. The molecule has 0 atom stereocenters. The summed E-state index contributed by atoms with van der Waals surface area (Å²) in [7, 11) is 0.